The van der Waals surface area contributed by atoms with Gasteiger partial charge in [0, 0.05) is 0 Å². The van der Waals surface area contributed by atoms with Crippen molar-refractivity contribution in [2.45, 2.75) is 6.92 Å². The van der Waals surface area contributed by atoms with Gasteiger partial charge >= 0.3 is 0 Å². The van der Waals surface area contributed by atoms with E-state index >= 15 is 0 Å². The van der Waals surface area contributed by atoms with E-state index in [-0.39, 0.29) is 5.91 Å². The fourth-order valence-corrected chi connectivity index (χ4v) is 2.37. The molecule has 2 rings (SSSR count). The van der Waals surface area contributed by atoms with Gasteiger partial charge in [0.2, 0.25) is 0 Å². The first-order chi connectivity index (χ1) is 8.08. The molecular formula is C13H18ClN2O+. The van der Waals surface area contributed by atoms with Gasteiger partial charge in [0.15, 0.2) is 0 Å². The molecule has 4 heteroatoms. The Kier molecular flexibility index (Phi) is 3.69. The molecule has 0 unspecified atom stereocenters. The van der Waals surface area contributed by atoms with Crippen LogP contribution in [-0.4, -0.2) is 44.0 Å². The van der Waals surface area contributed by atoms with Crippen LogP contribution in [0.4, 0.5) is 0 Å². The van der Waals surface area contributed by atoms with E-state index in [0.717, 1.165) is 31.7 Å². The Morgan fingerprint density at radius 3 is 2.59 bits per heavy atom. The third-order valence-corrected chi connectivity index (χ3v) is 3.57. The molecule has 0 atom stereocenters. The number of hydrogen-bond acceptors (Lipinski definition) is 1. The number of carbonyl (C=O) groups is 1. The summed E-state index contributed by atoms with van der Waals surface area (Å²) >= 11 is 6.12. The molecule has 3 nitrogen and oxygen atoms in total. The zero-order valence-electron chi connectivity index (χ0n) is 10.3. The summed E-state index contributed by atoms with van der Waals surface area (Å²) in [5.41, 5.74) is 1.70. The van der Waals surface area contributed by atoms with E-state index in [2.05, 4.69) is 7.05 Å². The highest BCUT2D eigenvalue weighted by atomic mass is 35.5. The number of benzene rings is 1. The fraction of sp³-hybridized carbons (Fsp3) is 0.462. The lowest BCUT2D eigenvalue weighted by Crippen LogP contribution is -3.12. The Bertz CT molecular complexity index is 425. The molecule has 1 aliphatic rings. The monoisotopic (exact) mass is 253 g/mol. The molecule has 0 radical (unpaired) electrons. The van der Waals surface area contributed by atoms with E-state index in [1.165, 1.54) is 4.90 Å². The van der Waals surface area contributed by atoms with Crippen molar-refractivity contribution >= 4 is 17.5 Å². The summed E-state index contributed by atoms with van der Waals surface area (Å²) in [6, 6.07) is 5.60. The molecule has 1 N–H and O–H groups in total. The molecule has 0 saturated carbocycles. The Morgan fingerprint density at radius 2 is 2.00 bits per heavy atom. The summed E-state index contributed by atoms with van der Waals surface area (Å²) in [4.78, 5) is 15.6. The topological polar surface area (TPSA) is 24.8 Å². The van der Waals surface area contributed by atoms with Gasteiger partial charge in [-0.1, -0.05) is 17.7 Å². The molecule has 0 aliphatic carbocycles. The minimum atomic E-state index is 0.0579. The molecule has 1 amide bonds. The number of quaternary nitrogens is 1. The van der Waals surface area contributed by atoms with Crippen molar-refractivity contribution < 1.29 is 9.69 Å². The van der Waals surface area contributed by atoms with Gasteiger partial charge in [-0.25, -0.2) is 0 Å². The Labute approximate surface area is 107 Å². The predicted octanol–water partition coefficient (Wildman–Crippen LogP) is 0.619. The molecule has 0 aromatic heterocycles. The van der Waals surface area contributed by atoms with Gasteiger partial charge in [0.05, 0.1) is 43.8 Å². The molecule has 1 aromatic rings. The van der Waals surface area contributed by atoms with Gasteiger partial charge in [-0.05, 0) is 24.6 Å². The molecule has 0 bridgehead atoms. The zero-order valence-corrected chi connectivity index (χ0v) is 11.0. The lowest BCUT2D eigenvalue weighted by atomic mass is 10.1. The van der Waals surface area contributed by atoms with Gasteiger partial charge in [0.1, 0.15) is 0 Å². The summed E-state index contributed by atoms with van der Waals surface area (Å²) in [6.45, 7) is 5.62. The van der Waals surface area contributed by atoms with Gasteiger partial charge in [-0.2, -0.15) is 0 Å². The Morgan fingerprint density at radius 1 is 1.35 bits per heavy atom. The normalized spacial score (nSPS) is 17.2. The number of rotatable bonds is 1. The number of piperazine rings is 1. The third kappa shape index (κ3) is 2.79. The average molecular weight is 254 g/mol. The number of amides is 1. The van der Waals surface area contributed by atoms with Crippen molar-refractivity contribution in [2.24, 2.45) is 0 Å². The minimum absolute atomic E-state index is 0.0579. The third-order valence-electron chi connectivity index (χ3n) is 3.26. The molecule has 1 aromatic carbocycles. The van der Waals surface area contributed by atoms with E-state index in [0.29, 0.717) is 10.6 Å². The number of likely N-dealkylation sites (N-methyl/N-ethyl adjacent to an activating group) is 1. The molecule has 1 aliphatic heterocycles. The Balaban J connectivity index is 2.14. The number of hydrogen-bond donors (Lipinski definition) is 1. The van der Waals surface area contributed by atoms with Gasteiger partial charge < -0.3 is 9.80 Å². The molecule has 1 fully saturated rings. The summed E-state index contributed by atoms with van der Waals surface area (Å²) < 4.78 is 0. The van der Waals surface area contributed by atoms with Gasteiger partial charge in [0.25, 0.3) is 5.91 Å². The maximum atomic E-state index is 12.3. The van der Waals surface area contributed by atoms with Crippen molar-refractivity contribution in [3.63, 3.8) is 0 Å². The van der Waals surface area contributed by atoms with Crippen LogP contribution in [-0.2, 0) is 0 Å². The second-order valence-corrected chi connectivity index (χ2v) is 5.14. The number of halogens is 1. The lowest BCUT2D eigenvalue weighted by molar-refractivity contribution is -0.883. The molecule has 0 spiro atoms. The average Bonchev–Trinajstić information content (AvgIpc) is 2.29. The number of nitrogens with one attached hydrogen (secondary N) is 1. The maximum absolute atomic E-state index is 12.3. The molecular weight excluding hydrogens is 236 g/mol. The summed E-state index contributed by atoms with van der Waals surface area (Å²) in [5, 5.41) is 0.557. The van der Waals surface area contributed by atoms with Crippen LogP contribution in [0.1, 0.15) is 15.9 Å². The van der Waals surface area contributed by atoms with E-state index in [4.69, 9.17) is 11.6 Å². The van der Waals surface area contributed by atoms with Crippen molar-refractivity contribution in [1.82, 2.24) is 4.90 Å². The van der Waals surface area contributed by atoms with Crippen molar-refractivity contribution in [3.8, 4) is 0 Å². The first kappa shape index (κ1) is 12.4. The van der Waals surface area contributed by atoms with Crippen LogP contribution in [0.2, 0.25) is 5.02 Å². The van der Waals surface area contributed by atoms with Crippen LogP contribution in [0.5, 0.6) is 0 Å². The van der Waals surface area contributed by atoms with Gasteiger partial charge in [-0.15, -0.1) is 0 Å². The molecule has 17 heavy (non-hydrogen) atoms. The number of carbonyl (C=O) groups excluding carboxylic acids is 1. The van der Waals surface area contributed by atoms with Crippen molar-refractivity contribution in [3.05, 3.63) is 34.3 Å². The van der Waals surface area contributed by atoms with E-state index in [1.54, 1.807) is 0 Å². The largest absolute Gasteiger partial charge is 0.334 e. The lowest BCUT2D eigenvalue weighted by Gasteiger charge is -2.30. The van der Waals surface area contributed by atoms with Crippen molar-refractivity contribution in [1.29, 1.82) is 0 Å². The summed E-state index contributed by atoms with van der Waals surface area (Å²) in [5.74, 6) is 0.0579. The maximum Gasteiger partial charge on any atom is 0.255 e. The van der Waals surface area contributed by atoms with Crippen LogP contribution in [0.3, 0.4) is 0 Å². The standard InChI is InChI=1S/C13H17ClN2O/c1-10-3-4-11(12(14)9-10)13(17)16-7-5-15(2)6-8-16/h3-4,9H,5-8H2,1-2H3/p+1. The highest BCUT2D eigenvalue weighted by Crippen LogP contribution is 2.19. The van der Waals surface area contributed by atoms with Gasteiger partial charge in [-0.3, -0.25) is 4.79 Å². The highest BCUT2D eigenvalue weighted by molar-refractivity contribution is 6.33. The summed E-state index contributed by atoms with van der Waals surface area (Å²) in [7, 11) is 2.15. The molecule has 1 saturated heterocycles. The van der Waals surface area contributed by atoms with Crippen LogP contribution < -0.4 is 4.90 Å². The Hall–Kier alpha value is -1.06. The minimum Gasteiger partial charge on any atom is -0.334 e. The smallest absolute Gasteiger partial charge is 0.255 e. The van der Waals surface area contributed by atoms with Crippen LogP contribution in [0, 0.1) is 6.92 Å². The van der Waals surface area contributed by atoms with Crippen LogP contribution >= 0.6 is 11.6 Å². The van der Waals surface area contributed by atoms with E-state index in [9.17, 15) is 4.79 Å². The second-order valence-electron chi connectivity index (χ2n) is 4.73. The molecule has 1 heterocycles. The number of aryl methyl sites for hydroxylation is 1. The first-order valence-electron chi connectivity index (χ1n) is 5.94. The van der Waals surface area contributed by atoms with E-state index in [1.807, 2.05) is 30.0 Å². The zero-order chi connectivity index (χ0) is 12.4. The van der Waals surface area contributed by atoms with Crippen LogP contribution in [0.25, 0.3) is 0 Å². The summed E-state index contributed by atoms with van der Waals surface area (Å²) in [6.07, 6.45) is 0. The van der Waals surface area contributed by atoms with Crippen LogP contribution in [0.15, 0.2) is 18.2 Å². The number of nitrogens with zero attached hydrogens (tertiary/aromatic N) is 1. The first-order valence-corrected chi connectivity index (χ1v) is 6.32. The molecule has 92 valence electrons. The predicted molar refractivity (Wildman–Crippen MR) is 68.7 cm³/mol. The quantitative estimate of drug-likeness (QED) is 0.780. The van der Waals surface area contributed by atoms with Crippen molar-refractivity contribution in [2.75, 3.05) is 33.2 Å². The highest BCUT2D eigenvalue weighted by Gasteiger charge is 2.23. The van der Waals surface area contributed by atoms with E-state index < -0.39 is 0 Å². The fourth-order valence-electron chi connectivity index (χ4n) is 2.06. The second kappa shape index (κ2) is 5.07. The SMILES string of the molecule is Cc1ccc(C(=O)N2CC[NH+](C)CC2)c(Cl)c1.